The molecular weight excluding hydrogens is 545 g/mol. The van der Waals surface area contributed by atoms with E-state index in [0.717, 1.165) is 11.0 Å². The Labute approximate surface area is 188 Å². The fraction of sp³-hybridized carbons (Fsp3) is 0.0741. The molecule has 0 aliphatic rings. The molecule has 0 amide bonds. The summed E-state index contributed by atoms with van der Waals surface area (Å²) in [6, 6.07) is 29.5. The summed E-state index contributed by atoms with van der Waals surface area (Å²) in [5.74, 6) is 0. The van der Waals surface area contributed by atoms with E-state index in [0.29, 0.717) is 0 Å². The number of fused-ring (bicyclic) bond motifs is 7. The number of aryl methyl sites for hydroxylation is 2. The van der Waals surface area contributed by atoms with Crippen LogP contribution in [0.25, 0.3) is 49.1 Å². The third-order valence-electron chi connectivity index (χ3n) is 6.01. The first-order chi connectivity index (χ1) is 14.2. The maximum Gasteiger partial charge on any atom is 0.0711 e. The molecule has 0 fully saturated rings. The molecule has 0 atom stereocenters. The second-order valence-corrected chi connectivity index (χ2v) is 7.75. The second kappa shape index (κ2) is 7.05. The first kappa shape index (κ1) is 19.0. The minimum Gasteiger partial charge on any atom is -0.257 e. The fourth-order valence-corrected chi connectivity index (χ4v) is 4.72. The summed E-state index contributed by atoms with van der Waals surface area (Å²) in [6.45, 7) is 4.38. The van der Waals surface area contributed by atoms with E-state index in [4.69, 9.17) is 0 Å². The molecule has 2 nitrogen and oxygen atoms in total. The number of rotatable bonds is 1. The molecule has 4 aromatic carbocycles. The van der Waals surface area contributed by atoms with Crippen LogP contribution in [0.1, 0.15) is 11.1 Å². The van der Waals surface area contributed by atoms with Gasteiger partial charge in [-0.05, 0) is 64.3 Å². The molecule has 0 aliphatic heterocycles. The molecular formula is C27H19IrN2-. The van der Waals surface area contributed by atoms with Gasteiger partial charge >= 0.3 is 0 Å². The molecule has 6 rings (SSSR count). The molecule has 1 radical (unpaired) electrons. The summed E-state index contributed by atoms with van der Waals surface area (Å²) in [7, 11) is 0. The summed E-state index contributed by atoms with van der Waals surface area (Å²) >= 11 is 0. The standard InChI is InChI=1S/C27H19N2.Ir/c1-17-7-5-8-18(2)26(17)21-11-6-12-25-27(21)23-16-20-10-4-3-9-19(20)15-22(23)24-13-14-28-29(24)25;/h3-11,13-16H,1-2H3;/q-1;. The fourth-order valence-electron chi connectivity index (χ4n) is 4.72. The van der Waals surface area contributed by atoms with Crippen molar-refractivity contribution in [2.24, 2.45) is 0 Å². The van der Waals surface area contributed by atoms with Crippen LogP contribution in [-0.4, -0.2) is 9.61 Å². The average Bonchev–Trinajstić information content (AvgIpc) is 3.23. The van der Waals surface area contributed by atoms with E-state index in [1.165, 1.54) is 49.2 Å². The van der Waals surface area contributed by atoms with Gasteiger partial charge in [0.25, 0.3) is 0 Å². The van der Waals surface area contributed by atoms with Crippen molar-refractivity contribution in [3.05, 3.63) is 96.2 Å². The van der Waals surface area contributed by atoms with Crippen LogP contribution < -0.4 is 0 Å². The van der Waals surface area contributed by atoms with Gasteiger partial charge in [0.15, 0.2) is 0 Å². The quantitative estimate of drug-likeness (QED) is 0.121. The molecule has 0 bridgehead atoms. The van der Waals surface area contributed by atoms with E-state index in [1.54, 1.807) is 0 Å². The van der Waals surface area contributed by atoms with Crippen LogP contribution in [0.3, 0.4) is 0 Å². The van der Waals surface area contributed by atoms with E-state index in [9.17, 15) is 0 Å². The van der Waals surface area contributed by atoms with Crippen molar-refractivity contribution >= 4 is 38.0 Å². The molecule has 2 aromatic heterocycles. The molecule has 2 heterocycles. The van der Waals surface area contributed by atoms with Crippen LogP contribution in [0.5, 0.6) is 0 Å². The number of aromatic nitrogens is 2. The molecule has 147 valence electrons. The van der Waals surface area contributed by atoms with Crippen molar-refractivity contribution in [3.63, 3.8) is 0 Å². The van der Waals surface area contributed by atoms with Gasteiger partial charge in [0.05, 0.1) is 5.52 Å². The molecule has 6 aromatic rings. The molecule has 0 spiro atoms. The Morgan fingerprint density at radius 2 is 1.50 bits per heavy atom. The van der Waals surface area contributed by atoms with Gasteiger partial charge in [-0.15, -0.1) is 5.56 Å². The third kappa shape index (κ3) is 2.63. The third-order valence-corrected chi connectivity index (χ3v) is 6.01. The van der Waals surface area contributed by atoms with Gasteiger partial charge in [0.1, 0.15) is 0 Å². The predicted molar refractivity (Wildman–Crippen MR) is 121 cm³/mol. The van der Waals surface area contributed by atoms with Crippen LogP contribution in [0.15, 0.2) is 79.0 Å². The largest absolute Gasteiger partial charge is 0.257 e. The minimum absolute atomic E-state index is 0. The maximum absolute atomic E-state index is 4.64. The predicted octanol–water partition coefficient (Wildman–Crippen LogP) is 6.88. The monoisotopic (exact) mass is 564 g/mol. The summed E-state index contributed by atoms with van der Waals surface area (Å²) in [5.41, 5.74) is 7.25. The zero-order chi connectivity index (χ0) is 19.5. The number of hydrogen-bond acceptors (Lipinski definition) is 1. The Balaban J connectivity index is 0.00000193. The van der Waals surface area contributed by atoms with E-state index < -0.39 is 0 Å². The Bertz CT molecular complexity index is 1560. The number of pyridine rings is 1. The van der Waals surface area contributed by atoms with Crippen molar-refractivity contribution in [1.82, 2.24) is 9.61 Å². The first-order valence-corrected chi connectivity index (χ1v) is 9.91. The Hall–Kier alpha value is -3.00. The van der Waals surface area contributed by atoms with Gasteiger partial charge in [0, 0.05) is 26.3 Å². The van der Waals surface area contributed by atoms with Crippen molar-refractivity contribution in [2.75, 3.05) is 0 Å². The van der Waals surface area contributed by atoms with Crippen molar-refractivity contribution < 1.29 is 20.1 Å². The molecule has 0 saturated heterocycles. The summed E-state index contributed by atoms with van der Waals surface area (Å²) in [5, 5.41) is 10.8. The van der Waals surface area contributed by atoms with E-state index in [2.05, 4.69) is 91.7 Å². The molecule has 0 unspecified atom stereocenters. The Morgan fingerprint density at radius 3 is 2.23 bits per heavy atom. The van der Waals surface area contributed by atoms with Crippen LogP contribution in [0.4, 0.5) is 0 Å². The summed E-state index contributed by atoms with van der Waals surface area (Å²) in [4.78, 5) is 0. The van der Waals surface area contributed by atoms with Gasteiger partial charge < -0.3 is 0 Å². The Morgan fingerprint density at radius 1 is 0.800 bits per heavy atom. The van der Waals surface area contributed by atoms with Gasteiger partial charge in [0.2, 0.25) is 0 Å². The first-order valence-electron chi connectivity index (χ1n) is 9.91. The van der Waals surface area contributed by atoms with Gasteiger partial charge in [-0.1, -0.05) is 59.3 Å². The van der Waals surface area contributed by atoms with E-state index in [1.807, 2.05) is 16.8 Å². The smallest absolute Gasteiger partial charge is 0.0711 e. The summed E-state index contributed by atoms with van der Waals surface area (Å²) in [6.07, 6.45) is 1.88. The van der Waals surface area contributed by atoms with Gasteiger partial charge in [-0.25, -0.2) is 0 Å². The van der Waals surface area contributed by atoms with E-state index in [-0.39, 0.29) is 20.1 Å². The SMILES string of the molecule is Cc1cccc(C)c1-c1cc[c-]c2c1c1cc3ccccc3cc1c1ccnn21.[Ir]. The van der Waals surface area contributed by atoms with Crippen molar-refractivity contribution in [3.8, 4) is 11.1 Å². The van der Waals surface area contributed by atoms with Crippen LogP contribution in [0.2, 0.25) is 0 Å². The average molecular weight is 564 g/mol. The molecule has 0 aliphatic carbocycles. The van der Waals surface area contributed by atoms with Crippen LogP contribution in [-0.2, 0) is 20.1 Å². The number of hydrogen-bond donors (Lipinski definition) is 0. The molecule has 0 N–H and O–H groups in total. The normalized spacial score (nSPS) is 11.4. The van der Waals surface area contributed by atoms with Crippen LogP contribution in [0, 0.1) is 19.9 Å². The number of nitrogens with zero attached hydrogens (tertiary/aromatic N) is 2. The maximum atomic E-state index is 4.64. The van der Waals surface area contributed by atoms with Crippen LogP contribution >= 0.6 is 0 Å². The molecule has 0 saturated carbocycles. The summed E-state index contributed by atoms with van der Waals surface area (Å²) < 4.78 is 2.03. The Kier molecular flexibility index (Phi) is 4.46. The van der Waals surface area contributed by atoms with Gasteiger partial charge in [-0.3, -0.25) is 4.52 Å². The van der Waals surface area contributed by atoms with E-state index >= 15 is 0 Å². The minimum atomic E-state index is 0. The zero-order valence-electron chi connectivity index (χ0n) is 16.7. The second-order valence-electron chi connectivity index (χ2n) is 7.75. The van der Waals surface area contributed by atoms with Crippen molar-refractivity contribution in [2.45, 2.75) is 13.8 Å². The zero-order valence-corrected chi connectivity index (χ0v) is 19.1. The van der Waals surface area contributed by atoms with Gasteiger partial charge in [-0.2, -0.15) is 23.3 Å². The molecule has 3 heteroatoms. The topological polar surface area (TPSA) is 17.3 Å². The number of benzene rings is 4. The molecule has 30 heavy (non-hydrogen) atoms. The van der Waals surface area contributed by atoms with Crippen molar-refractivity contribution in [1.29, 1.82) is 0 Å².